The maximum Gasteiger partial charge on any atom is 0.451 e. The third-order valence-corrected chi connectivity index (χ3v) is 4.22. The Hall–Kier alpha value is -1.35. The molecule has 1 aromatic heterocycles. The minimum Gasteiger partial charge on any atom is -0.332 e. The molecule has 2 N–H and O–H groups in total. The van der Waals surface area contributed by atoms with Crippen molar-refractivity contribution in [2.24, 2.45) is 5.73 Å². The third kappa shape index (κ3) is 2.79. The van der Waals surface area contributed by atoms with E-state index in [1.807, 2.05) is 0 Å². The molecule has 0 bridgehead atoms. The van der Waals surface area contributed by atoms with Crippen LogP contribution in [0.3, 0.4) is 0 Å². The molecule has 1 amide bonds. The van der Waals surface area contributed by atoms with Crippen LogP contribution in [-0.2, 0) is 24.1 Å². The number of carbonyl (C=O) groups excluding carboxylic acids is 1. The van der Waals surface area contributed by atoms with E-state index in [9.17, 15) is 18.0 Å². The summed E-state index contributed by atoms with van der Waals surface area (Å²) in [7, 11) is 0. The van der Waals surface area contributed by atoms with E-state index in [1.54, 1.807) is 0 Å². The first kappa shape index (κ1) is 17.0. The number of hydrogen-bond acceptors (Lipinski definition) is 4. The van der Waals surface area contributed by atoms with Gasteiger partial charge < -0.3 is 15.2 Å². The van der Waals surface area contributed by atoms with Gasteiger partial charge >= 0.3 is 6.18 Å². The van der Waals surface area contributed by atoms with Crippen LogP contribution in [0.5, 0.6) is 0 Å². The molecule has 2 heterocycles. The normalized spacial score (nSPS) is 20.5. The summed E-state index contributed by atoms with van der Waals surface area (Å²) in [5, 5.41) is 6.76. The van der Waals surface area contributed by atoms with Crippen molar-refractivity contribution in [2.75, 3.05) is 6.54 Å². The van der Waals surface area contributed by atoms with E-state index in [0.29, 0.717) is 12.8 Å². The lowest BCUT2D eigenvalue weighted by molar-refractivity contribution is -0.148. The van der Waals surface area contributed by atoms with E-state index in [0.717, 1.165) is 17.4 Å². The molecule has 6 nitrogen and oxygen atoms in total. The summed E-state index contributed by atoms with van der Waals surface area (Å²) in [6.07, 6.45) is -1.46. The Morgan fingerprint density at radius 3 is 2.41 bits per heavy atom. The van der Waals surface area contributed by atoms with E-state index in [1.165, 1.54) is 4.90 Å². The monoisotopic (exact) mass is 339 g/mol. The number of fused-ring (bicyclic) bond motifs is 1. The molecule has 0 spiro atoms. The Morgan fingerprint density at radius 2 is 1.82 bits per heavy atom. The van der Waals surface area contributed by atoms with Crippen molar-refractivity contribution in [1.82, 2.24) is 19.7 Å². The van der Waals surface area contributed by atoms with Crippen LogP contribution in [0.25, 0.3) is 0 Å². The van der Waals surface area contributed by atoms with Gasteiger partial charge in [-0.25, -0.2) is 0 Å². The van der Waals surface area contributed by atoms with Crippen molar-refractivity contribution in [1.29, 1.82) is 0 Å². The van der Waals surface area contributed by atoms with Crippen LogP contribution in [0.2, 0.25) is 0 Å². The van der Waals surface area contributed by atoms with E-state index >= 15 is 0 Å². The molecule has 124 valence electrons. The van der Waals surface area contributed by atoms with E-state index in [-0.39, 0.29) is 43.8 Å². The van der Waals surface area contributed by atoms with Crippen LogP contribution >= 0.6 is 12.4 Å². The van der Waals surface area contributed by atoms with Crippen molar-refractivity contribution in [2.45, 2.75) is 50.5 Å². The van der Waals surface area contributed by atoms with Crippen LogP contribution in [0, 0.1) is 0 Å². The molecule has 0 aromatic carbocycles. The Bertz CT molecular complexity index is 568. The Morgan fingerprint density at radius 1 is 1.18 bits per heavy atom. The molecule has 0 unspecified atom stereocenters. The average Bonchev–Trinajstić information content (AvgIpc) is 3.03. The van der Waals surface area contributed by atoms with Gasteiger partial charge in [-0.3, -0.25) is 4.79 Å². The molecule has 0 atom stereocenters. The highest BCUT2D eigenvalue weighted by molar-refractivity contribution is 5.86. The zero-order chi connectivity index (χ0) is 15.3. The molecule has 22 heavy (non-hydrogen) atoms. The molecule has 1 aliphatic carbocycles. The number of rotatable bonds is 1. The average molecular weight is 340 g/mol. The van der Waals surface area contributed by atoms with Crippen molar-refractivity contribution in [3.8, 4) is 0 Å². The van der Waals surface area contributed by atoms with Gasteiger partial charge in [-0.2, -0.15) is 13.2 Å². The van der Waals surface area contributed by atoms with Gasteiger partial charge in [0.2, 0.25) is 11.7 Å². The summed E-state index contributed by atoms with van der Waals surface area (Å²) in [4.78, 5) is 14.0. The summed E-state index contributed by atoms with van der Waals surface area (Å²) < 4.78 is 39.3. The van der Waals surface area contributed by atoms with Gasteiger partial charge in [-0.15, -0.1) is 22.6 Å². The van der Waals surface area contributed by atoms with Gasteiger partial charge in [0.05, 0.1) is 12.1 Å². The maximum atomic E-state index is 12.7. The first-order valence-electron chi connectivity index (χ1n) is 6.89. The zero-order valence-electron chi connectivity index (χ0n) is 11.8. The predicted octanol–water partition coefficient (Wildman–Crippen LogP) is 1.33. The van der Waals surface area contributed by atoms with Crippen LogP contribution < -0.4 is 5.73 Å². The second-order valence-electron chi connectivity index (χ2n) is 5.68. The van der Waals surface area contributed by atoms with Crippen molar-refractivity contribution in [3.63, 3.8) is 0 Å². The number of halogens is 4. The quantitative estimate of drug-likeness (QED) is 0.837. The molecule has 1 aliphatic heterocycles. The van der Waals surface area contributed by atoms with Gasteiger partial charge in [-0.05, 0) is 12.8 Å². The smallest absolute Gasteiger partial charge is 0.332 e. The fraction of sp³-hybridized carbons (Fsp3) is 0.750. The number of alkyl halides is 3. The van der Waals surface area contributed by atoms with Crippen LogP contribution in [0.4, 0.5) is 13.2 Å². The third-order valence-electron chi connectivity index (χ3n) is 4.22. The second-order valence-corrected chi connectivity index (χ2v) is 5.68. The summed E-state index contributed by atoms with van der Waals surface area (Å²) in [5.41, 5.74) is 5.25. The minimum atomic E-state index is -4.53. The summed E-state index contributed by atoms with van der Waals surface area (Å²) >= 11 is 0. The minimum absolute atomic E-state index is 0. The molecule has 0 radical (unpaired) electrons. The highest BCUT2D eigenvalue weighted by atomic mass is 35.5. The lowest BCUT2D eigenvalue weighted by Crippen LogP contribution is -2.55. The SMILES string of the molecule is Cl.NC1(C(=O)N2CCn3c(nnc3C(F)(F)F)C2)CCCC1. The number of hydrogen-bond donors (Lipinski definition) is 1. The number of nitrogens with zero attached hydrogens (tertiary/aromatic N) is 4. The standard InChI is InChI=1S/C12H16F3N5O.ClH/c13-12(14,15)9-18-17-8-7-19(5-6-20(8)9)10(21)11(16)3-1-2-4-11;/h1-7,16H2;1H. The predicted molar refractivity (Wildman–Crippen MR) is 73.1 cm³/mol. The summed E-state index contributed by atoms with van der Waals surface area (Å²) in [6.45, 7) is 0.270. The van der Waals surface area contributed by atoms with Crippen LogP contribution in [0.1, 0.15) is 37.3 Å². The fourth-order valence-corrected chi connectivity index (χ4v) is 3.08. The zero-order valence-corrected chi connectivity index (χ0v) is 12.6. The summed E-state index contributed by atoms with van der Waals surface area (Å²) in [6, 6.07) is 0. The molecule has 10 heteroatoms. The highest BCUT2D eigenvalue weighted by Crippen LogP contribution is 2.32. The Kier molecular flexibility index (Phi) is 4.40. The molecule has 1 aromatic rings. The first-order valence-corrected chi connectivity index (χ1v) is 6.89. The number of nitrogens with two attached hydrogens (primary N) is 1. The Labute approximate surface area is 131 Å². The van der Waals surface area contributed by atoms with Gasteiger partial charge in [0.1, 0.15) is 0 Å². The Balaban J connectivity index is 0.00000176. The maximum absolute atomic E-state index is 12.7. The molecule has 3 rings (SSSR count). The van der Waals surface area contributed by atoms with E-state index in [4.69, 9.17) is 5.73 Å². The largest absolute Gasteiger partial charge is 0.451 e. The molecular weight excluding hydrogens is 323 g/mol. The molecule has 1 fully saturated rings. The summed E-state index contributed by atoms with van der Waals surface area (Å²) in [5.74, 6) is -1.04. The number of amides is 1. The van der Waals surface area contributed by atoms with E-state index in [2.05, 4.69) is 10.2 Å². The lowest BCUT2D eigenvalue weighted by atomic mass is 9.97. The first-order chi connectivity index (χ1) is 9.81. The fourth-order valence-electron chi connectivity index (χ4n) is 3.08. The van der Waals surface area contributed by atoms with Crippen molar-refractivity contribution in [3.05, 3.63) is 11.6 Å². The highest BCUT2D eigenvalue weighted by Gasteiger charge is 2.43. The molecular formula is C12H17ClF3N5O. The molecule has 2 aliphatic rings. The lowest BCUT2D eigenvalue weighted by Gasteiger charge is -2.34. The second kappa shape index (κ2) is 5.69. The van der Waals surface area contributed by atoms with E-state index < -0.39 is 17.5 Å². The number of aromatic nitrogens is 3. The molecule has 1 saturated carbocycles. The van der Waals surface area contributed by atoms with Gasteiger partial charge in [0.15, 0.2) is 5.82 Å². The van der Waals surface area contributed by atoms with Crippen molar-refractivity contribution < 1.29 is 18.0 Å². The molecule has 0 saturated heterocycles. The number of carbonyl (C=O) groups is 1. The van der Waals surface area contributed by atoms with Gasteiger partial charge in [0, 0.05) is 13.1 Å². The van der Waals surface area contributed by atoms with Crippen molar-refractivity contribution >= 4 is 18.3 Å². The van der Waals surface area contributed by atoms with Crippen LogP contribution in [0.15, 0.2) is 0 Å². The topological polar surface area (TPSA) is 77.0 Å². The van der Waals surface area contributed by atoms with Gasteiger partial charge in [0.25, 0.3) is 0 Å². The van der Waals surface area contributed by atoms with Gasteiger partial charge in [-0.1, -0.05) is 12.8 Å². The van der Waals surface area contributed by atoms with Crippen LogP contribution in [-0.4, -0.2) is 37.7 Å².